The van der Waals surface area contributed by atoms with Crippen molar-refractivity contribution in [3.63, 3.8) is 0 Å². The van der Waals surface area contributed by atoms with Crippen molar-refractivity contribution in [2.75, 3.05) is 24.5 Å². The van der Waals surface area contributed by atoms with Crippen LogP contribution in [0, 0.1) is 11.8 Å². The van der Waals surface area contributed by atoms with E-state index in [1.54, 1.807) is 0 Å². The fourth-order valence-corrected chi connectivity index (χ4v) is 3.65. The third-order valence-corrected chi connectivity index (χ3v) is 4.38. The molecule has 0 aliphatic carbocycles. The van der Waals surface area contributed by atoms with Gasteiger partial charge in [-0.05, 0) is 42.9 Å². The van der Waals surface area contributed by atoms with Gasteiger partial charge in [-0.1, -0.05) is 45.9 Å². The minimum atomic E-state index is 0.476. The molecule has 3 atom stereocenters. The van der Waals surface area contributed by atoms with Crippen LogP contribution in [0.1, 0.15) is 52.1 Å². The van der Waals surface area contributed by atoms with E-state index in [1.807, 2.05) is 0 Å². The zero-order valence-corrected chi connectivity index (χ0v) is 13.5. The number of nitrogens with one attached hydrogen (secondary N) is 1. The molecule has 0 saturated carbocycles. The molecule has 2 rings (SSSR count). The van der Waals surface area contributed by atoms with Crippen LogP contribution in [0.3, 0.4) is 0 Å². The Labute approximate surface area is 124 Å². The molecule has 1 aliphatic rings. The Bertz CT molecular complexity index is 406. The first-order chi connectivity index (χ1) is 9.65. The molecule has 112 valence electrons. The molecule has 0 bridgehead atoms. The molecule has 2 heteroatoms. The Kier molecular flexibility index (Phi) is 5.47. The lowest BCUT2D eigenvalue weighted by atomic mass is 9.90. The second-order valence-corrected chi connectivity index (χ2v) is 6.43. The lowest BCUT2D eigenvalue weighted by Gasteiger charge is -2.38. The van der Waals surface area contributed by atoms with Crippen LogP contribution in [0.5, 0.6) is 0 Å². The number of anilines is 1. The monoisotopic (exact) mass is 274 g/mol. The quantitative estimate of drug-likeness (QED) is 0.864. The maximum atomic E-state index is 3.62. The van der Waals surface area contributed by atoms with Crippen LogP contribution >= 0.6 is 0 Å². The molecule has 0 amide bonds. The van der Waals surface area contributed by atoms with Crippen molar-refractivity contribution in [3.8, 4) is 0 Å². The van der Waals surface area contributed by atoms with Crippen molar-refractivity contribution >= 4 is 5.69 Å². The summed E-state index contributed by atoms with van der Waals surface area (Å²) in [5, 5.41) is 3.62. The van der Waals surface area contributed by atoms with Gasteiger partial charge in [-0.25, -0.2) is 0 Å². The molecule has 1 heterocycles. The van der Waals surface area contributed by atoms with Gasteiger partial charge in [-0.3, -0.25) is 0 Å². The maximum absolute atomic E-state index is 3.62. The van der Waals surface area contributed by atoms with Crippen LogP contribution in [-0.2, 0) is 0 Å². The third kappa shape index (κ3) is 3.54. The number of hydrogen-bond acceptors (Lipinski definition) is 2. The predicted octanol–water partition coefficient (Wildman–Crippen LogP) is 4.23. The van der Waals surface area contributed by atoms with Gasteiger partial charge < -0.3 is 10.2 Å². The average Bonchev–Trinajstić information content (AvgIpc) is 2.44. The number of hydrogen-bond donors (Lipinski definition) is 1. The molecule has 0 aromatic heterocycles. The van der Waals surface area contributed by atoms with E-state index in [2.05, 4.69) is 62.2 Å². The van der Waals surface area contributed by atoms with E-state index in [0.29, 0.717) is 6.04 Å². The summed E-state index contributed by atoms with van der Waals surface area (Å²) in [7, 11) is 0. The van der Waals surface area contributed by atoms with E-state index in [9.17, 15) is 0 Å². The summed E-state index contributed by atoms with van der Waals surface area (Å²) in [6.07, 6.45) is 2.51. The van der Waals surface area contributed by atoms with Crippen molar-refractivity contribution in [2.45, 2.75) is 46.6 Å². The van der Waals surface area contributed by atoms with Crippen molar-refractivity contribution in [1.82, 2.24) is 5.32 Å². The second-order valence-electron chi connectivity index (χ2n) is 6.43. The predicted molar refractivity (Wildman–Crippen MR) is 88.3 cm³/mol. The summed E-state index contributed by atoms with van der Waals surface area (Å²) in [6.45, 7) is 12.6. The molecular formula is C18H30N2. The lowest BCUT2D eigenvalue weighted by molar-refractivity contribution is 0.355. The fraction of sp³-hybridized carbons (Fsp3) is 0.667. The highest BCUT2D eigenvalue weighted by Crippen LogP contribution is 2.32. The number of para-hydroxylation sites is 1. The first-order valence-corrected chi connectivity index (χ1v) is 8.22. The summed E-state index contributed by atoms with van der Waals surface area (Å²) < 4.78 is 0. The summed E-state index contributed by atoms with van der Waals surface area (Å²) in [5.41, 5.74) is 2.91. The van der Waals surface area contributed by atoms with E-state index in [4.69, 9.17) is 0 Å². The van der Waals surface area contributed by atoms with Gasteiger partial charge >= 0.3 is 0 Å². The summed E-state index contributed by atoms with van der Waals surface area (Å²) in [5.74, 6) is 1.59. The van der Waals surface area contributed by atoms with Crippen LogP contribution in [0.4, 0.5) is 5.69 Å². The molecule has 0 spiro atoms. The smallest absolute Gasteiger partial charge is 0.0414 e. The van der Waals surface area contributed by atoms with Crippen molar-refractivity contribution in [3.05, 3.63) is 29.8 Å². The SMILES string of the molecule is CCNC(CC)c1ccccc1N1CC(C)CC(C)C1. The summed E-state index contributed by atoms with van der Waals surface area (Å²) in [6, 6.07) is 9.44. The number of nitrogens with zero attached hydrogens (tertiary/aromatic N) is 1. The zero-order chi connectivity index (χ0) is 14.5. The Morgan fingerprint density at radius 3 is 2.40 bits per heavy atom. The standard InChI is InChI=1S/C18H30N2/c1-5-17(19-6-2)16-9-7-8-10-18(16)20-12-14(3)11-15(4)13-20/h7-10,14-15,17,19H,5-6,11-13H2,1-4H3. The van der Waals surface area contributed by atoms with Crippen molar-refractivity contribution < 1.29 is 0 Å². The molecular weight excluding hydrogens is 244 g/mol. The van der Waals surface area contributed by atoms with Gasteiger partial charge in [0.15, 0.2) is 0 Å². The highest BCUT2D eigenvalue weighted by Gasteiger charge is 2.24. The maximum Gasteiger partial charge on any atom is 0.0414 e. The molecule has 1 aliphatic heterocycles. The topological polar surface area (TPSA) is 15.3 Å². The molecule has 1 aromatic carbocycles. The molecule has 1 saturated heterocycles. The van der Waals surface area contributed by atoms with Crippen molar-refractivity contribution in [1.29, 1.82) is 0 Å². The van der Waals surface area contributed by atoms with E-state index in [-0.39, 0.29) is 0 Å². The molecule has 1 aromatic rings. The fourth-order valence-electron chi connectivity index (χ4n) is 3.65. The van der Waals surface area contributed by atoms with E-state index in [0.717, 1.165) is 24.8 Å². The number of rotatable bonds is 5. The molecule has 2 nitrogen and oxygen atoms in total. The largest absolute Gasteiger partial charge is 0.371 e. The highest BCUT2D eigenvalue weighted by molar-refractivity contribution is 5.55. The second kappa shape index (κ2) is 7.12. The van der Waals surface area contributed by atoms with Crippen LogP contribution in [0.2, 0.25) is 0 Å². The summed E-state index contributed by atoms with van der Waals surface area (Å²) >= 11 is 0. The van der Waals surface area contributed by atoms with Crippen LogP contribution in [0.25, 0.3) is 0 Å². The van der Waals surface area contributed by atoms with Gasteiger partial charge in [0.25, 0.3) is 0 Å². The molecule has 1 fully saturated rings. The van der Waals surface area contributed by atoms with Gasteiger partial charge in [0.2, 0.25) is 0 Å². The van der Waals surface area contributed by atoms with Crippen LogP contribution in [-0.4, -0.2) is 19.6 Å². The molecule has 0 radical (unpaired) electrons. The highest BCUT2D eigenvalue weighted by atomic mass is 15.1. The molecule has 3 unspecified atom stereocenters. The van der Waals surface area contributed by atoms with E-state index < -0.39 is 0 Å². The first kappa shape index (κ1) is 15.4. The van der Waals surface area contributed by atoms with Gasteiger partial charge in [0, 0.05) is 24.8 Å². The van der Waals surface area contributed by atoms with Crippen LogP contribution < -0.4 is 10.2 Å². The van der Waals surface area contributed by atoms with Gasteiger partial charge in [-0.2, -0.15) is 0 Å². The van der Waals surface area contributed by atoms with E-state index in [1.165, 1.54) is 30.8 Å². The third-order valence-electron chi connectivity index (χ3n) is 4.38. The lowest BCUT2D eigenvalue weighted by Crippen LogP contribution is -2.39. The van der Waals surface area contributed by atoms with Gasteiger partial charge in [0.05, 0.1) is 0 Å². The zero-order valence-electron chi connectivity index (χ0n) is 13.5. The number of piperidine rings is 1. The Hall–Kier alpha value is -1.02. The Morgan fingerprint density at radius 1 is 1.15 bits per heavy atom. The Morgan fingerprint density at radius 2 is 1.80 bits per heavy atom. The van der Waals surface area contributed by atoms with Crippen LogP contribution in [0.15, 0.2) is 24.3 Å². The normalized spacial score (nSPS) is 24.7. The average molecular weight is 274 g/mol. The van der Waals surface area contributed by atoms with Crippen molar-refractivity contribution in [2.24, 2.45) is 11.8 Å². The minimum Gasteiger partial charge on any atom is -0.371 e. The van der Waals surface area contributed by atoms with Gasteiger partial charge in [0.1, 0.15) is 0 Å². The first-order valence-electron chi connectivity index (χ1n) is 8.22. The summed E-state index contributed by atoms with van der Waals surface area (Å²) in [4.78, 5) is 2.61. The van der Waals surface area contributed by atoms with E-state index >= 15 is 0 Å². The number of benzene rings is 1. The Balaban J connectivity index is 2.26. The molecule has 20 heavy (non-hydrogen) atoms. The minimum absolute atomic E-state index is 0.476. The van der Waals surface area contributed by atoms with Gasteiger partial charge in [-0.15, -0.1) is 0 Å². The molecule has 1 N–H and O–H groups in total.